The minimum atomic E-state index is -0.386. The van der Waals surface area contributed by atoms with Gasteiger partial charge in [0.15, 0.2) is 0 Å². The first kappa shape index (κ1) is 12.4. The molecule has 1 fully saturated rings. The van der Waals surface area contributed by atoms with Gasteiger partial charge in [-0.15, -0.1) is 0 Å². The molecule has 1 unspecified atom stereocenters. The van der Waals surface area contributed by atoms with E-state index in [0.717, 1.165) is 12.1 Å². The van der Waals surface area contributed by atoms with Gasteiger partial charge in [-0.3, -0.25) is 4.79 Å². The molecule has 1 heterocycles. The number of hydrogen-bond acceptors (Lipinski definition) is 4. The SMILES string of the molecule is N#CC1CNCCN1C(=O)Cc1ccc(O)cc1. The molecule has 2 N–H and O–H groups in total. The van der Waals surface area contributed by atoms with Crippen molar-refractivity contribution in [2.24, 2.45) is 0 Å². The van der Waals surface area contributed by atoms with Crippen molar-refractivity contribution < 1.29 is 9.90 Å². The van der Waals surface area contributed by atoms with Gasteiger partial charge in [-0.25, -0.2) is 0 Å². The first-order valence-electron chi connectivity index (χ1n) is 5.88. The van der Waals surface area contributed by atoms with Crippen LogP contribution in [0.3, 0.4) is 0 Å². The second-order valence-corrected chi connectivity index (χ2v) is 4.28. The van der Waals surface area contributed by atoms with Crippen molar-refractivity contribution in [1.82, 2.24) is 10.2 Å². The van der Waals surface area contributed by atoms with Crippen LogP contribution in [-0.4, -0.2) is 41.6 Å². The van der Waals surface area contributed by atoms with Crippen LogP contribution in [-0.2, 0) is 11.2 Å². The van der Waals surface area contributed by atoms with E-state index in [1.807, 2.05) is 0 Å². The summed E-state index contributed by atoms with van der Waals surface area (Å²) < 4.78 is 0. The quantitative estimate of drug-likeness (QED) is 0.783. The standard InChI is InChI=1S/C13H15N3O2/c14-8-11-9-15-5-6-16(11)13(18)7-10-1-3-12(17)4-2-10/h1-4,11,15,17H,5-7,9H2. The van der Waals surface area contributed by atoms with Crippen molar-refractivity contribution in [2.45, 2.75) is 12.5 Å². The highest BCUT2D eigenvalue weighted by Gasteiger charge is 2.25. The predicted octanol–water partition coefficient (Wildman–Crippen LogP) is 0.259. The molecule has 5 heteroatoms. The molecule has 1 aliphatic heterocycles. The van der Waals surface area contributed by atoms with Crippen LogP contribution in [0.15, 0.2) is 24.3 Å². The number of hydrogen-bond donors (Lipinski definition) is 2. The van der Waals surface area contributed by atoms with Gasteiger partial charge in [-0.05, 0) is 17.7 Å². The third-order valence-electron chi connectivity index (χ3n) is 3.00. The summed E-state index contributed by atoms with van der Waals surface area (Å²) in [6.45, 7) is 1.81. The normalized spacial score (nSPS) is 19.3. The third-order valence-corrected chi connectivity index (χ3v) is 3.00. The van der Waals surface area contributed by atoms with Gasteiger partial charge in [0.25, 0.3) is 0 Å². The molecule has 5 nitrogen and oxygen atoms in total. The van der Waals surface area contributed by atoms with Crippen molar-refractivity contribution in [3.63, 3.8) is 0 Å². The third kappa shape index (κ3) is 2.79. The van der Waals surface area contributed by atoms with Crippen LogP contribution in [0.4, 0.5) is 0 Å². The monoisotopic (exact) mass is 245 g/mol. The molecule has 0 aromatic heterocycles. The number of rotatable bonds is 2. The van der Waals surface area contributed by atoms with Crippen molar-refractivity contribution in [3.05, 3.63) is 29.8 Å². The van der Waals surface area contributed by atoms with E-state index in [0.29, 0.717) is 13.1 Å². The summed E-state index contributed by atoms with van der Waals surface area (Å²) in [4.78, 5) is 13.7. The van der Waals surface area contributed by atoms with E-state index in [-0.39, 0.29) is 24.1 Å². The van der Waals surface area contributed by atoms with Gasteiger partial charge in [-0.2, -0.15) is 5.26 Å². The molecule has 1 aliphatic rings. The Labute approximate surface area is 106 Å². The lowest BCUT2D eigenvalue weighted by atomic mass is 10.1. The van der Waals surface area contributed by atoms with Gasteiger partial charge in [-0.1, -0.05) is 12.1 Å². The Morgan fingerprint density at radius 3 is 2.89 bits per heavy atom. The topological polar surface area (TPSA) is 76.4 Å². The Kier molecular flexibility index (Phi) is 3.80. The van der Waals surface area contributed by atoms with E-state index < -0.39 is 0 Å². The number of phenols is 1. The van der Waals surface area contributed by atoms with E-state index >= 15 is 0 Å². The van der Waals surface area contributed by atoms with Gasteiger partial charge in [0.2, 0.25) is 5.91 Å². The van der Waals surface area contributed by atoms with E-state index in [4.69, 9.17) is 5.26 Å². The molecule has 18 heavy (non-hydrogen) atoms. The smallest absolute Gasteiger partial charge is 0.228 e. The van der Waals surface area contributed by atoms with Crippen molar-refractivity contribution in [2.75, 3.05) is 19.6 Å². The Morgan fingerprint density at radius 2 is 2.22 bits per heavy atom. The van der Waals surface area contributed by atoms with Gasteiger partial charge in [0.05, 0.1) is 12.5 Å². The van der Waals surface area contributed by atoms with Gasteiger partial charge >= 0.3 is 0 Å². The summed E-state index contributed by atoms with van der Waals surface area (Å²) in [7, 11) is 0. The molecular weight excluding hydrogens is 230 g/mol. The van der Waals surface area contributed by atoms with Crippen LogP contribution >= 0.6 is 0 Å². The van der Waals surface area contributed by atoms with Crippen LogP contribution in [0.5, 0.6) is 5.75 Å². The first-order valence-corrected chi connectivity index (χ1v) is 5.88. The maximum absolute atomic E-state index is 12.1. The number of nitrogens with one attached hydrogen (secondary N) is 1. The fourth-order valence-corrected chi connectivity index (χ4v) is 2.01. The molecule has 0 saturated carbocycles. The van der Waals surface area contributed by atoms with Gasteiger partial charge < -0.3 is 15.3 Å². The Hall–Kier alpha value is -2.06. The van der Waals surface area contributed by atoms with Crippen molar-refractivity contribution >= 4 is 5.91 Å². The van der Waals surface area contributed by atoms with Crippen LogP contribution in [0, 0.1) is 11.3 Å². The molecule has 0 bridgehead atoms. The zero-order valence-corrected chi connectivity index (χ0v) is 9.97. The van der Waals surface area contributed by atoms with Crippen molar-refractivity contribution in [3.8, 4) is 11.8 Å². The molecule has 1 aromatic rings. The van der Waals surface area contributed by atoms with E-state index in [9.17, 15) is 9.90 Å². The number of nitrogens with zero attached hydrogens (tertiary/aromatic N) is 2. The lowest BCUT2D eigenvalue weighted by Crippen LogP contribution is -2.53. The summed E-state index contributed by atoms with van der Waals surface area (Å²) in [5.41, 5.74) is 0.841. The molecule has 94 valence electrons. The first-order chi connectivity index (χ1) is 8.70. The summed E-state index contributed by atoms with van der Waals surface area (Å²) in [5.74, 6) is 0.136. The number of piperazine rings is 1. The van der Waals surface area contributed by atoms with E-state index in [1.54, 1.807) is 29.2 Å². The molecule has 1 aromatic carbocycles. The molecule has 0 spiro atoms. The molecule has 0 aliphatic carbocycles. The second kappa shape index (κ2) is 5.52. The summed E-state index contributed by atoms with van der Waals surface area (Å²) in [5, 5.41) is 21.3. The molecule has 1 amide bonds. The largest absolute Gasteiger partial charge is 0.508 e. The highest BCUT2D eigenvalue weighted by molar-refractivity contribution is 5.79. The summed E-state index contributed by atoms with van der Waals surface area (Å²) in [6.07, 6.45) is 0.262. The summed E-state index contributed by atoms with van der Waals surface area (Å²) in [6, 6.07) is 8.30. The number of aromatic hydroxyl groups is 1. The number of benzene rings is 1. The maximum Gasteiger partial charge on any atom is 0.228 e. The van der Waals surface area contributed by atoms with E-state index in [2.05, 4.69) is 11.4 Å². The fourth-order valence-electron chi connectivity index (χ4n) is 2.01. The van der Waals surface area contributed by atoms with Crippen LogP contribution in [0.25, 0.3) is 0 Å². The molecule has 2 rings (SSSR count). The molecule has 0 radical (unpaired) electrons. The maximum atomic E-state index is 12.1. The minimum Gasteiger partial charge on any atom is -0.508 e. The van der Waals surface area contributed by atoms with Gasteiger partial charge in [0.1, 0.15) is 11.8 Å². The molecular formula is C13H15N3O2. The second-order valence-electron chi connectivity index (χ2n) is 4.28. The zero-order valence-electron chi connectivity index (χ0n) is 9.97. The Morgan fingerprint density at radius 1 is 1.50 bits per heavy atom. The average Bonchev–Trinajstić information content (AvgIpc) is 2.41. The zero-order chi connectivity index (χ0) is 13.0. The lowest BCUT2D eigenvalue weighted by Gasteiger charge is -2.32. The molecule has 1 atom stereocenters. The van der Waals surface area contributed by atoms with Crippen molar-refractivity contribution in [1.29, 1.82) is 5.26 Å². The number of carbonyl (C=O) groups is 1. The van der Waals surface area contributed by atoms with Crippen LogP contribution in [0.1, 0.15) is 5.56 Å². The van der Waals surface area contributed by atoms with E-state index in [1.165, 1.54) is 0 Å². The number of carbonyl (C=O) groups excluding carboxylic acids is 1. The Balaban J connectivity index is 2.02. The summed E-state index contributed by atoms with van der Waals surface area (Å²) >= 11 is 0. The predicted molar refractivity (Wildman–Crippen MR) is 65.8 cm³/mol. The lowest BCUT2D eigenvalue weighted by molar-refractivity contribution is -0.132. The highest BCUT2D eigenvalue weighted by Crippen LogP contribution is 2.12. The molecule has 1 saturated heterocycles. The average molecular weight is 245 g/mol. The minimum absolute atomic E-state index is 0.0475. The highest BCUT2D eigenvalue weighted by atomic mass is 16.3. The Bertz CT molecular complexity index is 464. The van der Waals surface area contributed by atoms with Crippen LogP contribution in [0.2, 0.25) is 0 Å². The number of nitriles is 1. The number of phenolic OH excluding ortho intramolecular Hbond substituents is 1. The van der Waals surface area contributed by atoms with Gasteiger partial charge in [0, 0.05) is 19.6 Å². The number of amides is 1. The fraction of sp³-hybridized carbons (Fsp3) is 0.385. The van der Waals surface area contributed by atoms with Crippen LogP contribution < -0.4 is 5.32 Å².